The molecule has 0 aliphatic carbocycles. The van der Waals surface area contributed by atoms with Crippen LogP contribution in [0.4, 0.5) is 0 Å². The van der Waals surface area contributed by atoms with E-state index in [-0.39, 0.29) is 0 Å². The fourth-order valence-electron chi connectivity index (χ4n) is 0.515. The fraction of sp³-hybridized carbons (Fsp3) is 0. The molecule has 0 fully saturated rings. The van der Waals surface area contributed by atoms with E-state index in [1.807, 2.05) is 18.2 Å². The van der Waals surface area contributed by atoms with Crippen molar-refractivity contribution in [3.63, 3.8) is 0 Å². The Morgan fingerprint density at radius 3 is 2.33 bits per heavy atom. The third-order valence-corrected chi connectivity index (χ3v) is 2.17. The Morgan fingerprint density at radius 2 is 1.89 bits per heavy atom. The van der Waals surface area contributed by atoms with Crippen LogP contribution in [0.25, 0.3) is 0 Å². The molecule has 1 aromatic rings. The Hall–Kier alpha value is 0.245. The van der Waals surface area contributed by atoms with Crippen molar-refractivity contribution in [3.05, 3.63) is 27.1 Å². The van der Waals surface area contributed by atoms with Gasteiger partial charge < -0.3 is 0 Å². The second-order valence-electron chi connectivity index (χ2n) is 1.67. The van der Waals surface area contributed by atoms with Gasteiger partial charge in [-0.2, -0.15) is 0 Å². The quantitative estimate of drug-likeness (QED) is 0.614. The molecular weight excluding hydrogens is 243 g/mol. The summed E-state index contributed by atoms with van der Waals surface area (Å²) in [4.78, 5) is 0. The molecule has 0 saturated heterocycles. The standard InChI is InChI=1S/C6H3BBr2/c7-5-3-4(8)1-2-6(5)9/h1-3H. The lowest BCUT2D eigenvalue weighted by Crippen LogP contribution is -2.02. The third-order valence-electron chi connectivity index (χ3n) is 0.958. The molecule has 0 unspecified atom stereocenters. The highest BCUT2D eigenvalue weighted by Gasteiger charge is 1.91. The van der Waals surface area contributed by atoms with E-state index < -0.39 is 0 Å². The van der Waals surface area contributed by atoms with Gasteiger partial charge in [-0.3, -0.25) is 0 Å². The summed E-state index contributed by atoms with van der Waals surface area (Å²) in [7, 11) is 5.54. The first kappa shape index (κ1) is 7.35. The lowest BCUT2D eigenvalue weighted by Gasteiger charge is -1.96. The summed E-state index contributed by atoms with van der Waals surface area (Å²) in [5, 5.41) is 0. The van der Waals surface area contributed by atoms with Crippen molar-refractivity contribution in [2.45, 2.75) is 0 Å². The smallest absolute Gasteiger partial charge is 0.0816 e. The van der Waals surface area contributed by atoms with Gasteiger partial charge in [-0.25, -0.2) is 0 Å². The molecular formula is C6H3BBr2. The Balaban J connectivity index is 3.17. The first-order valence-electron chi connectivity index (χ1n) is 2.40. The van der Waals surface area contributed by atoms with Gasteiger partial charge >= 0.3 is 0 Å². The lowest BCUT2D eigenvalue weighted by atomic mass is 9.97. The van der Waals surface area contributed by atoms with Gasteiger partial charge in [0.25, 0.3) is 0 Å². The summed E-state index contributed by atoms with van der Waals surface area (Å²) in [6, 6.07) is 5.68. The first-order chi connectivity index (χ1) is 4.20. The van der Waals surface area contributed by atoms with Crippen LogP contribution in [0.5, 0.6) is 0 Å². The van der Waals surface area contributed by atoms with E-state index in [0.717, 1.165) is 14.4 Å². The summed E-state index contributed by atoms with van der Waals surface area (Å²) in [5.74, 6) is 0. The zero-order valence-corrected chi connectivity index (χ0v) is 7.74. The van der Waals surface area contributed by atoms with Crippen molar-refractivity contribution in [1.29, 1.82) is 0 Å². The molecule has 44 valence electrons. The molecule has 0 N–H and O–H groups in total. The molecule has 0 saturated carbocycles. The average Bonchev–Trinajstić information content (AvgIpc) is 1.80. The summed E-state index contributed by atoms with van der Waals surface area (Å²) >= 11 is 6.58. The molecule has 0 spiro atoms. The second kappa shape index (κ2) is 2.89. The largest absolute Gasteiger partial charge is 0.115 e. The lowest BCUT2D eigenvalue weighted by molar-refractivity contribution is 1.66. The average molecular weight is 246 g/mol. The maximum atomic E-state index is 5.54. The molecule has 1 rings (SSSR count). The summed E-state index contributed by atoms with van der Waals surface area (Å²) in [6.45, 7) is 0. The van der Waals surface area contributed by atoms with Gasteiger partial charge in [0, 0.05) is 8.95 Å². The first-order valence-corrected chi connectivity index (χ1v) is 3.99. The summed E-state index contributed by atoms with van der Waals surface area (Å²) in [6.07, 6.45) is 0. The molecule has 0 nitrogen and oxygen atoms in total. The van der Waals surface area contributed by atoms with E-state index >= 15 is 0 Å². The van der Waals surface area contributed by atoms with Gasteiger partial charge in [-0.15, -0.1) is 0 Å². The Labute approximate surface area is 72.3 Å². The number of hydrogen-bond donors (Lipinski definition) is 0. The number of benzene rings is 1. The Bertz CT molecular complexity index is 222. The zero-order chi connectivity index (χ0) is 6.85. The summed E-state index contributed by atoms with van der Waals surface area (Å²) < 4.78 is 1.94. The highest BCUT2D eigenvalue weighted by molar-refractivity contribution is 9.11. The van der Waals surface area contributed by atoms with Crippen molar-refractivity contribution in [3.8, 4) is 0 Å². The minimum Gasteiger partial charge on any atom is -0.0816 e. The monoisotopic (exact) mass is 244 g/mol. The molecule has 3 heteroatoms. The summed E-state index contributed by atoms with van der Waals surface area (Å²) in [5.41, 5.74) is 0.754. The van der Waals surface area contributed by atoms with Gasteiger partial charge in [0.05, 0.1) is 0 Å². The van der Waals surface area contributed by atoms with Gasteiger partial charge in [-0.05, 0) is 12.1 Å². The number of rotatable bonds is 0. The van der Waals surface area contributed by atoms with E-state index in [2.05, 4.69) is 31.9 Å². The predicted molar refractivity (Wildman–Crippen MR) is 47.2 cm³/mol. The molecule has 0 atom stereocenters. The van der Waals surface area contributed by atoms with E-state index in [0.29, 0.717) is 0 Å². The molecule has 0 aliphatic rings. The van der Waals surface area contributed by atoms with Crippen molar-refractivity contribution in [2.24, 2.45) is 0 Å². The van der Waals surface area contributed by atoms with Crippen molar-refractivity contribution in [2.75, 3.05) is 0 Å². The minimum atomic E-state index is 0.754. The van der Waals surface area contributed by atoms with Crippen LogP contribution in [0.2, 0.25) is 0 Å². The van der Waals surface area contributed by atoms with Crippen LogP contribution >= 0.6 is 31.9 Å². The normalized spacial score (nSPS) is 9.56. The molecule has 9 heavy (non-hydrogen) atoms. The third kappa shape index (κ3) is 1.83. The van der Waals surface area contributed by atoms with E-state index in [4.69, 9.17) is 7.85 Å². The highest BCUT2D eigenvalue weighted by Crippen LogP contribution is 2.11. The molecule has 0 amide bonds. The molecule has 0 bridgehead atoms. The van der Waals surface area contributed by atoms with Gasteiger partial charge in [0.2, 0.25) is 0 Å². The van der Waals surface area contributed by atoms with E-state index in [1.165, 1.54) is 0 Å². The van der Waals surface area contributed by atoms with Crippen LogP contribution in [0.15, 0.2) is 27.1 Å². The van der Waals surface area contributed by atoms with E-state index in [1.54, 1.807) is 0 Å². The molecule has 0 heterocycles. The molecule has 2 radical (unpaired) electrons. The Morgan fingerprint density at radius 1 is 1.22 bits per heavy atom. The molecule has 0 aliphatic heterocycles. The van der Waals surface area contributed by atoms with Crippen LogP contribution in [0.1, 0.15) is 0 Å². The van der Waals surface area contributed by atoms with E-state index in [9.17, 15) is 0 Å². The topological polar surface area (TPSA) is 0 Å². The second-order valence-corrected chi connectivity index (χ2v) is 3.44. The predicted octanol–water partition coefficient (Wildman–Crippen LogP) is 2.01. The van der Waals surface area contributed by atoms with Gasteiger partial charge in [-0.1, -0.05) is 43.4 Å². The van der Waals surface area contributed by atoms with Crippen molar-refractivity contribution in [1.82, 2.24) is 0 Å². The minimum absolute atomic E-state index is 0.754. The molecule has 0 aromatic heterocycles. The van der Waals surface area contributed by atoms with Crippen LogP contribution in [-0.2, 0) is 0 Å². The zero-order valence-electron chi connectivity index (χ0n) is 4.57. The number of hydrogen-bond acceptors (Lipinski definition) is 0. The van der Waals surface area contributed by atoms with Gasteiger partial charge in [0.1, 0.15) is 7.85 Å². The van der Waals surface area contributed by atoms with Crippen molar-refractivity contribution >= 4 is 45.2 Å². The van der Waals surface area contributed by atoms with Crippen LogP contribution < -0.4 is 5.46 Å². The van der Waals surface area contributed by atoms with Crippen LogP contribution in [0.3, 0.4) is 0 Å². The van der Waals surface area contributed by atoms with Crippen LogP contribution in [0, 0.1) is 0 Å². The van der Waals surface area contributed by atoms with Crippen LogP contribution in [-0.4, -0.2) is 7.85 Å². The molecule has 1 aromatic carbocycles. The highest BCUT2D eigenvalue weighted by atomic mass is 79.9. The maximum Gasteiger partial charge on any atom is 0.115 e. The SMILES string of the molecule is [B]c1cc(Br)ccc1Br. The van der Waals surface area contributed by atoms with Gasteiger partial charge in [0.15, 0.2) is 0 Å². The number of halogens is 2. The fourth-order valence-corrected chi connectivity index (χ4v) is 1.14. The Kier molecular flexibility index (Phi) is 2.36. The maximum absolute atomic E-state index is 5.54. The van der Waals surface area contributed by atoms with Crippen molar-refractivity contribution < 1.29 is 0 Å².